The Morgan fingerprint density at radius 2 is 1.75 bits per heavy atom. The maximum absolute atomic E-state index is 14.3. The highest BCUT2D eigenvalue weighted by Gasteiger charge is 2.34. The van der Waals surface area contributed by atoms with Crippen LogP contribution in [0.3, 0.4) is 0 Å². The van der Waals surface area contributed by atoms with Gasteiger partial charge in [0, 0.05) is 54.5 Å². The minimum absolute atomic E-state index is 0.233. The molecule has 1 atom stereocenters. The number of amides is 2. The first kappa shape index (κ1) is 28.6. The molecular weight excluding hydrogens is 550 g/mol. The lowest BCUT2D eigenvalue weighted by atomic mass is 9.97. The monoisotopic (exact) mass is 584 g/mol. The predicted molar refractivity (Wildman–Crippen MR) is 161 cm³/mol. The normalized spacial score (nSPS) is 19.0. The summed E-state index contributed by atoms with van der Waals surface area (Å²) in [5.41, 5.74) is 1.95. The molecule has 0 radical (unpaired) electrons. The van der Waals surface area contributed by atoms with Gasteiger partial charge in [-0.2, -0.15) is 0 Å². The van der Waals surface area contributed by atoms with Crippen LogP contribution in [0.15, 0.2) is 60.8 Å². The zero-order valence-corrected chi connectivity index (χ0v) is 24.1. The molecule has 1 aromatic heterocycles. The van der Waals surface area contributed by atoms with Crippen LogP contribution in [0.4, 0.5) is 26.4 Å². The summed E-state index contributed by atoms with van der Waals surface area (Å²) >= 11 is 12.6. The van der Waals surface area contributed by atoms with Crippen molar-refractivity contribution in [1.29, 1.82) is 0 Å². The number of aromatic nitrogens is 1. The molecule has 2 N–H and O–H groups in total. The fourth-order valence-corrected chi connectivity index (χ4v) is 6.20. The van der Waals surface area contributed by atoms with Gasteiger partial charge in [0.05, 0.1) is 16.9 Å². The van der Waals surface area contributed by atoms with Gasteiger partial charge in [0.1, 0.15) is 11.6 Å². The molecule has 0 saturated carbocycles. The van der Waals surface area contributed by atoms with Gasteiger partial charge in [-0.05, 0) is 62.7 Å². The third-order valence-corrected chi connectivity index (χ3v) is 8.36. The Hall–Kier alpha value is -2.91. The molecule has 2 amide bonds. The minimum atomic E-state index is -0.346. The number of para-hydroxylation sites is 1. The van der Waals surface area contributed by atoms with Crippen LogP contribution in [0.5, 0.6) is 0 Å². The second kappa shape index (κ2) is 13.2. The number of hydrogen-bond acceptors (Lipinski definition) is 5. The lowest BCUT2D eigenvalue weighted by Crippen LogP contribution is -2.58. The van der Waals surface area contributed by atoms with Gasteiger partial charge in [-0.1, -0.05) is 54.4 Å². The summed E-state index contributed by atoms with van der Waals surface area (Å²) in [5, 5.41) is 6.54. The Kier molecular flexibility index (Phi) is 9.42. The number of anilines is 3. The van der Waals surface area contributed by atoms with Gasteiger partial charge in [-0.3, -0.25) is 9.80 Å². The van der Waals surface area contributed by atoms with E-state index in [2.05, 4.69) is 37.2 Å². The molecule has 0 spiro atoms. The van der Waals surface area contributed by atoms with E-state index in [0.29, 0.717) is 45.6 Å². The highest BCUT2D eigenvalue weighted by atomic mass is 35.5. The fourth-order valence-electron chi connectivity index (χ4n) is 5.75. The topological polar surface area (TPSA) is 63.7 Å². The Bertz CT molecular complexity index is 1300. The van der Waals surface area contributed by atoms with Crippen molar-refractivity contribution in [2.75, 3.05) is 48.3 Å². The molecule has 0 bridgehead atoms. The average Bonchev–Trinajstić information content (AvgIpc) is 2.95. The summed E-state index contributed by atoms with van der Waals surface area (Å²) in [6.07, 6.45) is 4.81. The quantitative estimate of drug-likeness (QED) is 0.322. The van der Waals surface area contributed by atoms with Crippen LogP contribution < -0.4 is 15.5 Å². The predicted octanol–water partition coefficient (Wildman–Crippen LogP) is 6.74. The van der Waals surface area contributed by atoms with Gasteiger partial charge in [0.15, 0.2) is 0 Å². The van der Waals surface area contributed by atoms with E-state index in [1.165, 1.54) is 6.07 Å². The summed E-state index contributed by atoms with van der Waals surface area (Å²) in [6.45, 7) is 7.36. The number of halogens is 3. The van der Waals surface area contributed by atoms with E-state index in [4.69, 9.17) is 23.2 Å². The zero-order chi connectivity index (χ0) is 28.1. The smallest absolute Gasteiger partial charge is 0.323 e. The second-order valence-electron chi connectivity index (χ2n) is 10.5. The van der Waals surface area contributed by atoms with E-state index < -0.39 is 0 Å². The summed E-state index contributed by atoms with van der Waals surface area (Å²) in [7, 11) is 0. The van der Waals surface area contributed by atoms with Crippen molar-refractivity contribution < 1.29 is 9.18 Å². The van der Waals surface area contributed by atoms with Crippen molar-refractivity contribution in [3.05, 3.63) is 82.2 Å². The number of hydrogen-bond donors (Lipinski definition) is 2. The number of piperidine rings is 1. The first-order valence-electron chi connectivity index (χ1n) is 13.8. The number of carbonyl (C=O) groups is 1. The lowest BCUT2D eigenvalue weighted by Gasteiger charge is -2.47. The van der Waals surface area contributed by atoms with E-state index >= 15 is 0 Å². The zero-order valence-electron chi connectivity index (χ0n) is 22.6. The van der Waals surface area contributed by atoms with Gasteiger partial charge in [0.25, 0.3) is 0 Å². The molecule has 7 nitrogen and oxygen atoms in total. The molecule has 5 rings (SSSR count). The second-order valence-corrected chi connectivity index (χ2v) is 11.3. The number of likely N-dealkylation sites (tertiary alicyclic amines) is 1. The molecule has 0 unspecified atom stereocenters. The van der Waals surface area contributed by atoms with Crippen molar-refractivity contribution in [3.8, 4) is 0 Å². The van der Waals surface area contributed by atoms with E-state index in [9.17, 15) is 9.18 Å². The number of rotatable bonds is 7. The van der Waals surface area contributed by atoms with Crippen molar-refractivity contribution in [1.82, 2.24) is 14.8 Å². The SMILES string of the molecule is CC[C@H]1CN(c2ncc(NC(=O)Nc3ccccc3)cc2Cl)CCN1C1CCN(Cc2ccc(Cl)cc2F)CC1. The number of benzene rings is 2. The van der Waals surface area contributed by atoms with Gasteiger partial charge in [0.2, 0.25) is 0 Å². The standard InChI is InChI=1S/C30H35Cl2FN6O/c1-2-25-20-38(29-27(32)17-24(18-34-29)36-30(40)35-23-6-4-3-5-7-23)14-15-39(25)26-10-12-37(13-11-26)19-21-8-9-22(31)16-28(21)33/h3-9,16-18,25-26H,2,10-15,19-20H2,1H3,(H2,35,36,40)/t25-/m0/s1. The van der Waals surface area contributed by atoms with Crippen molar-refractivity contribution in [2.45, 2.75) is 44.8 Å². The number of pyridine rings is 1. The molecule has 2 fully saturated rings. The molecule has 0 aliphatic carbocycles. The number of carbonyl (C=O) groups excluding carboxylic acids is 1. The summed E-state index contributed by atoms with van der Waals surface area (Å²) in [4.78, 5) is 24.2. The third-order valence-electron chi connectivity index (χ3n) is 7.85. The lowest BCUT2D eigenvalue weighted by molar-refractivity contribution is 0.0607. The van der Waals surface area contributed by atoms with Crippen LogP contribution in [-0.2, 0) is 6.54 Å². The fraction of sp³-hybridized carbons (Fsp3) is 0.400. The molecule has 3 heterocycles. The Labute approximate surface area is 245 Å². The Morgan fingerprint density at radius 3 is 2.45 bits per heavy atom. The number of nitrogens with zero attached hydrogens (tertiary/aromatic N) is 4. The average molecular weight is 586 g/mol. The molecule has 2 saturated heterocycles. The summed E-state index contributed by atoms with van der Waals surface area (Å²) in [6, 6.07) is 16.5. The molecule has 212 valence electrons. The minimum Gasteiger partial charge on any atom is -0.353 e. The van der Waals surface area contributed by atoms with Crippen molar-refractivity contribution in [2.24, 2.45) is 0 Å². The van der Waals surface area contributed by atoms with Crippen LogP contribution in [0, 0.1) is 5.82 Å². The number of nitrogens with one attached hydrogen (secondary N) is 2. The molecule has 2 aliphatic rings. The summed E-state index contributed by atoms with van der Waals surface area (Å²) < 4.78 is 14.3. The van der Waals surface area contributed by atoms with E-state index in [1.807, 2.05) is 30.3 Å². The highest BCUT2D eigenvalue weighted by Crippen LogP contribution is 2.31. The van der Waals surface area contributed by atoms with Gasteiger partial charge in [-0.25, -0.2) is 14.2 Å². The number of urea groups is 1. The largest absolute Gasteiger partial charge is 0.353 e. The van der Waals surface area contributed by atoms with Crippen LogP contribution in [0.25, 0.3) is 0 Å². The highest BCUT2D eigenvalue weighted by molar-refractivity contribution is 6.33. The molecule has 2 aromatic carbocycles. The molecule has 40 heavy (non-hydrogen) atoms. The van der Waals surface area contributed by atoms with E-state index in [-0.39, 0.29) is 11.8 Å². The van der Waals surface area contributed by atoms with E-state index in [0.717, 1.165) is 57.8 Å². The van der Waals surface area contributed by atoms with Crippen LogP contribution in [0.2, 0.25) is 10.0 Å². The molecule has 3 aromatic rings. The maximum atomic E-state index is 14.3. The Balaban J connectivity index is 1.14. The Morgan fingerprint density at radius 1 is 1.00 bits per heavy atom. The third kappa shape index (κ3) is 7.04. The molecule has 2 aliphatic heterocycles. The maximum Gasteiger partial charge on any atom is 0.323 e. The van der Waals surface area contributed by atoms with Crippen LogP contribution in [0.1, 0.15) is 31.7 Å². The van der Waals surface area contributed by atoms with Crippen molar-refractivity contribution >= 4 is 46.4 Å². The summed E-state index contributed by atoms with van der Waals surface area (Å²) in [5.74, 6) is 0.511. The first-order valence-corrected chi connectivity index (χ1v) is 14.6. The van der Waals surface area contributed by atoms with Crippen molar-refractivity contribution in [3.63, 3.8) is 0 Å². The van der Waals surface area contributed by atoms with Gasteiger partial charge in [-0.15, -0.1) is 0 Å². The van der Waals surface area contributed by atoms with Gasteiger partial charge >= 0.3 is 6.03 Å². The number of piperazine rings is 1. The van der Waals surface area contributed by atoms with Crippen LogP contribution in [-0.4, -0.2) is 65.6 Å². The van der Waals surface area contributed by atoms with Gasteiger partial charge < -0.3 is 15.5 Å². The first-order chi connectivity index (χ1) is 19.4. The molecule has 10 heteroatoms. The molecular formula is C30H35Cl2FN6O. The van der Waals surface area contributed by atoms with E-state index in [1.54, 1.807) is 24.4 Å². The van der Waals surface area contributed by atoms with Crippen LogP contribution >= 0.6 is 23.2 Å².